The number of phenols is 1. The molecule has 0 atom stereocenters. The van der Waals surface area contributed by atoms with Gasteiger partial charge in [0.05, 0.1) is 16.0 Å². The third-order valence-corrected chi connectivity index (χ3v) is 7.62. The van der Waals surface area contributed by atoms with Crippen molar-refractivity contribution in [3.8, 4) is 22.9 Å². The molecule has 0 radical (unpaired) electrons. The van der Waals surface area contributed by atoms with E-state index < -0.39 is 38.4 Å². The highest BCUT2D eigenvalue weighted by Crippen LogP contribution is 2.34. The Kier molecular flexibility index (Phi) is 6.67. The molecule has 5 aromatic rings. The van der Waals surface area contributed by atoms with Crippen molar-refractivity contribution in [1.82, 2.24) is 13.9 Å². The summed E-state index contributed by atoms with van der Waals surface area (Å²) in [5.41, 5.74) is -0.330. The molecule has 204 valence electrons. The molecule has 9 nitrogen and oxygen atoms in total. The van der Waals surface area contributed by atoms with Gasteiger partial charge in [-0.3, -0.25) is 0 Å². The highest BCUT2D eigenvalue weighted by atomic mass is 32.2. The van der Waals surface area contributed by atoms with Crippen LogP contribution in [0.2, 0.25) is 0 Å². The summed E-state index contributed by atoms with van der Waals surface area (Å²) in [5.74, 6) is -1.36. The fourth-order valence-electron chi connectivity index (χ4n) is 3.98. The van der Waals surface area contributed by atoms with E-state index in [1.54, 1.807) is 18.2 Å². The Balaban J connectivity index is 1.46. The lowest BCUT2D eigenvalue weighted by atomic mass is 10.1. The number of nitrogens with zero attached hydrogens (tertiary/aromatic N) is 3. The average molecular weight is 570 g/mol. The van der Waals surface area contributed by atoms with Gasteiger partial charge in [-0.05, 0) is 42.5 Å². The molecule has 2 aromatic heterocycles. The highest BCUT2D eigenvalue weighted by Gasteiger charge is 2.32. The SMILES string of the molecule is O=C(O)c1cc(OCc2cnc(-c3cn(S(=O)(=O)c4cccc(C(F)(F)F)c4)c4ccccc34)nc2)ccc1O. The van der Waals surface area contributed by atoms with E-state index in [-0.39, 0.29) is 29.3 Å². The van der Waals surface area contributed by atoms with Crippen molar-refractivity contribution in [2.75, 3.05) is 0 Å². The van der Waals surface area contributed by atoms with Crippen LogP contribution < -0.4 is 4.74 Å². The summed E-state index contributed by atoms with van der Waals surface area (Å²) in [4.78, 5) is 19.3. The van der Waals surface area contributed by atoms with Crippen LogP contribution in [-0.4, -0.2) is 38.5 Å². The summed E-state index contributed by atoms with van der Waals surface area (Å²) in [6, 6.07) is 13.7. The quantitative estimate of drug-likeness (QED) is 0.269. The van der Waals surface area contributed by atoms with Crippen molar-refractivity contribution >= 4 is 26.9 Å². The van der Waals surface area contributed by atoms with Crippen molar-refractivity contribution in [2.45, 2.75) is 17.7 Å². The van der Waals surface area contributed by atoms with Gasteiger partial charge in [0.2, 0.25) is 0 Å². The molecule has 0 aliphatic rings. The number of aromatic hydroxyl groups is 1. The molecule has 2 N–H and O–H groups in total. The van der Waals surface area contributed by atoms with Gasteiger partial charge in [0.25, 0.3) is 10.0 Å². The molecular weight excluding hydrogens is 551 g/mol. The zero-order valence-electron chi connectivity index (χ0n) is 20.2. The van der Waals surface area contributed by atoms with Crippen LogP contribution in [0.3, 0.4) is 0 Å². The number of halogens is 3. The number of ether oxygens (including phenoxy) is 1. The molecule has 0 fully saturated rings. The van der Waals surface area contributed by atoms with Crippen molar-refractivity contribution < 1.29 is 41.3 Å². The van der Waals surface area contributed by atoms with Crippen molar-refractivity contribution in [3.63, 3.8) is 0 Å². The van der Waals surface area contributed by atoms with Gasteiger partial charge in [-0.2, -0.15) is 13.2 Å². The van der Waals surface area contributed by atoms with Crippen molar-refractivity contribution in [2.24, 2.45) is 0 Å². The maximum atomic E-state index is 13.4. The number of hydrogen-bond acceptors (Lipinski definition) is 7. The molecule has 0 bridgehead atoms. The number of aromatic nitrogens is 3. The molecular formula is C27H18F3N3O6S. The number of alkyl halides is 3. The second kappa shape index (κ2) is 10.0. The maximum absolute atomic E-state index is 13.4. The molecule has 0 unspecified atom stereocenters. The smallest absolute Gasteiger partial charge is 0.416 e. The van der Waals surface area contributed by atoms with E-state index in [4.69, 9.17) is 9.84 Å². The minimum Gasteiger partial charge on any atom is -0.507 e. The molecule has 0 spiro atoms. The second-order valence-electron chi connectivity index (χ2n) is 8.57. The molecule has 0 aliphatic carbocycles. The Morgan fingerprint density at radius 2 is 1.70 bits per heavy atom. The van der Waals surface area contributed by atoms with Crippen molar-refractivity contribution in [1.29, 1.82) is 0 Å². The zero-order chi connectivity index (χ0) is 28.7. The van der Waals surface area contributed by atoms with E-state index in [2.05, 4.69) is 9.97 Å². The standard InChI is InChI=1S/C27H18F3N3O6S/c28-27(29,30)17-4-3-5-19(10-17)40(37,38)33-14-22(20-6-1-2-7-23(20)33)25-31-12-16(13-32-25)15-39-18-8-9-24(34)21(11-18)26(35)36/h1-14,34H,15H2,(H,35,36). The second-order valence-corrected chi connectivity index (χ2v) is 10.4. The Bertz CT molecular complexity index is 1850. The summed E-state index contributed by atoms with van der Waals surface area (Å²) in [6.07, 6.45) is -0.576. The van der Waals surface area contributed by atoms with Crippen LogP contribution in [0, 0.1) is 0 Å². The Morgan fingerprint density at radius 1 is 0.975 bits per heavy atom. The summed E-state index contributed by atoms with van der Waals surface area (Å²) in [7, 11) is -4.41. The third-order valence-electron chi connectivity index (χ3n) is 5.95. The molecule has 5 rings (SSSR count). The molecule has 0 amide bonds. The lowest BCUT2D eigenvalue weighted by Crippen LogP contribution is -2.13. The first-order valence-electron chi connectivity index (χ1n) is 11.5. The lowest BCUT2D eigenvalue weighted by molar-refractivity contribution is -0.137. The minimum atomic E-state index is -4.71. The Hall–Kier alpha value is -4.91. The first kappa shape index (κ1) is 26.7. The van der Waals surface area contributed by atoms with Gasteiger partial charge >= 0.3 is 12.1 Å². The van der Waals surface area contributed by atoms with Gasteiger partial charge in [-0.1, -0.05) is 24.3 Å². The van der Waals surface area contributed by atoms with E-state index in [1.807, 2.05) is 0 Å². The number of hydrogen-bond donors (Lipinski definition) is 2. The van der Waals surface area contributed by atoms with Crippen LogP contribution in [-0.2, 0) is 22.8 Å². The number of benzene rings is 3. The number of fused-ring (bicyclic) bond motifs is 1. The van der Waals surface area contributed by atoms with Crippen LogP contribution in [0.25, 0.3) is 22.3 Å². The summed E-state index contributed by atoms with van der Waals surface area (Å²) >= 11 is 0. The zero-order valence-corrected chi connectivity index (χ0v) is 21.0. The van der Waals surface area contributed by atoms with Crippen LogP contribution in [0.1, 0.15) is 21.5 Å². The normalized spacial score (nSPS) is 12.0. The Morgan fingerprint density at radius 3 is 2.40 bits per heavy atom. The fraction of sp³-hybridized carbons (Fsp3) is 0.0741. The monoisotopic (exact) mass is 569 g/mol. The van der Waals surface area contributed by atoms with E-state index in [0.717, 1.165) is 22.2 Å². The number of carbonyl (C=O) groups is 1. The van der Waals surface area contributed by atoms with Gasteiger partial charge in [-0.15, -0.1) is 0 Å². The topological polar surface area (TPSA) is 132 Å². The molecule has 40 heavy (non-hydrogen) atoms. The summed E-state index contributed by atoms with van der Waals surface area (Å²) < 4.78 is 73.0. The minimum absolute atomic E-state index is 0.0319. The Labute approximate surface area is 224 Å². The number of aromatic carboxylic acids is 1. The van der Waals surface area contributed by atoms with Gasteiger partial charge in [-0.25, -0.2) is 27.2 Å². The molecule has 0 saturated carbocycles. The molecule has 0 saturated heterocycles. The maximum Gasteiger partial charge on any atom is 0.416 e. The van der Waals surface area contributed by atoms with Crippen molar-refractivity contribution in [3.05, 3.63) is 102 Å². The largest absolute Gasteiger partial charge is 0.507 e. The third kappa shape index (κ3) is 5.06. The lowest BCUT2D eigenvalue weighted by Gasteiger charge is -2.11. The first-order chi connectivity index (χ1) is 18.9. The molecule has 3 aromatic carbocycles. The highest BCUT2D eigenvalue weighted by molar-refractivity contribution is 7.90. The van der Waals surface area contributed by atoms with Crippen LogP contribution in [0.4, 0.5) is 13.2 Å². The van der Waals surface area contributed by atoms with Gasteiger partial charge in [0, 0.05) is 35.1 Å². The molecule has 0 aliphatic heterocycles. The predicted octanol–water partition coefficient (Wildman–Crippen LogP) is 5.34. The van der Waals surface area contributed by atoms with Gasteiger partial charge < -0.3 is 14.9 Å². The molecule has 2 heterocycles. The summed E-state index contributed by atoms with van der Waals surface area (Å²) in [5, 5.41) is 19.2. The van der Waals surface area contributed by atoms with Gasteiger partial charge in [0.15, 0.2) is 5.82 Å². The van der Waals surface area contributed by atoms with E-state index in [1.165, 1.54) is 42.9 Å². The van der Waals surface area contributed by atoms with E-state index in [0.29, 0.717) is 22.6 Å². The average Bonchev–Trinajstić information content (AvgIpc) is 3.33. The summed E-state index contributed by atoms with van der Waals surface area (Å²) in [6.45, 7) is -0.0319. The van der Waals surface area contributed by atoms with Crippen LogP contribution >= 0.6 is 0 Å². The van der Waals surface area contributed by atoms with Crippen LogP contribution in [0.5, 0.6) is 11.5 Å². The first-order valence-corrected chi connectivity index (χ1v) is 12.9. The number of rotatable bonds is 7. The predicted molar refractivity (Wildman–Crippen MR) is 136 cm³/mol. The molecule has 13 heteroatoms. The van der Waals surface area contributed by atoms with E-state index >= 15 is 0 Å². The van der Waals surface area contributed by atoms with E-state index in [9.17, 15) is 31.5 Å². The number of para-hydroxylation sites is 1. The number of carboxylic acids is 1. The van der Waals surface area contributed by atoms with Gasteiger partial charge in [0.1, 0.15) is 23.7 Å². The fourth-order valence-corrected chi connectivity index (χ4v) is 5.40. The number of carboxylic acid groups (broad SMARTS) is 1. The van der Waals surface area contributed by atoms with Crippen LogP contribution in [0.15, 0.2) is 90.2 Å².